The number of hydrogen-bond donors (Lipinski definition) is 0. The molecule has 0 aromatic carbocycles. The van der Waals surface area contributed by atoms with Crippen molar-refractivity contribution < 1.29 is 17.2 Å². The van der Waals surface area contributed by atoms with Crippen molar-refractivity contribution in [2.45, 2.75) is 198 Å². The van der Waals surface area contributed by atoms with Crippen LogP contribution in [0.3, 0.4) is 0 Å². The summed E-state index contributed by atoms with van der Waals surface area (Å²) in [5.41, 5.74) is 0. The topological polar surface area (TPSA) is 66.4 Å². The quantitative estimate of drug-likeness (QED) is 0.0289. The van der Waals surface area contributed by atoms with Crippen molar-refractivity contribution in [3.8, 4) is 0 Å². The van der Waals surface area contributed by atoms with Gasteiger partial charge in [-0.2, -0.15) is 0 Å². The third-order valence-electron chi connectivity index (χ3n) is 7.58. The molecule has 0 radical (unpaired) electrons. The van der Waals surface area contributed by atoms with E-state index >= 15 is 0 Å². The molecular formula is C35H83O4PSSi. The second kappa shape index (κ2) is 34.4. The molecule has 0 bridgehead atoms. The molecule has 0 N–H and O–H groups in total. The molecule has 0 saturated heterocycles. The Hall–Kier alpha value is 0.517. The molecule has 0 saturated carbocycles. The van der Waals surface area contributed by atoms with E-state index in [2.05, 4.69) is 31.9 Å². The van der Waals surface area contributed by atoms with E-state index in [0.717, 1.165) is 0 Å². The van der Waals surface area contributed by atoms with Gasteiger partial charge in [0.1, 0.15) is 0 Å². The maximum absolute atomic E-state index is 9.92. The molecule has 0 aliphatic rings. The van der Waals surface area contributed by atoms with E-state index in [1.165, 1.54) is 122 Å². The molecule has 4 nitrogen and oxygen atoms in total. The molecule has 0 aliphatic heterocycles. The van der Waals surface area contributed by atoms with Gasteiger partial charge >= 0.3 is 0 Å². The third-order valence-corrected chi connectivity index (χ3v) is 14.3. The van der Waals surface area contributed by atoms with Gasteiger partial charge in [0.15, 0.2) is 0 Å². The summed E-state index contributed by atoms with van der Waals surface area (Å²) in [6.45, 7) is 15.2. The van der Waals surface area contributed by atoms with E-state index < -0.39 is 25.7 Å². The molecule has 42 heavy (non-hydrogen) atoms. The minimum atomic E-state index is -4.47. The molecule has 0 heterocycles. The van der Waals surface area contributed by atoms with Crippen LogP contribution in [0, 0.1) is 0 Å². The summed E-state index contributed by atoms with van der Waals surface area (Å²) in [5, 5.41) is 0. The lowest BCUT2D eigenvalue weighted by Crippen LogP contribution is -2.29. The van der Waals surface area contributed by atoms with E-state index in [0.29, 0.717) is 0 Å². The van der Waals surface area contributed by atoms with Crippen LogP contribution in [0.25, 0.3) is 0 Å². The summed E-state index contributed by atoms with van der Waals surface area (Å²) in [4.78, 5) is 0. The van der Waals surface area contributed by atoms with Gasteiger partial charge in [0.2, 0.25) is 10.4 Å². The highest BCUT2D eigenvalue weighted by Crippen LogP contribution is 2.61. The van der Waals surface area contributed by atoms with Gasteiger partial charge in [0.05, 0.1) is 39.0 Å². The molecule has 0 spiro atoms. The first-order valence-corrected chi connectivity index (χ1v) is 24.5. The summed E-state index contributed by atoms with van der Waals surface area (Å²) in [6.07, 6.45) is 36.0. The number of hydrogen-bond acceptors (Lipinski definition) is 4. The SMILES string of the molecule is C.C.C.CCCCCCCCCCCCCCCC[P+](CCCC)(CCCC)CCCC.C[Si](C)(C)COS(=O)(=O)[O-]. The van der Waals surface area contributed by atoms with Crippen LogP contribution < -0.4 is 0 Å². The van der Waals surface area contributed by atoms with Gasteiger partial charge in [0.25, 0.3) is 0 Å². The number of unbranched alkanes of at least 4 members (excludes halogenated alkanes) is 16. The molecule has 0 unspecified atom stereocenters. The number of rotatable bonds is 27. The average Bonchev–Trinajstić information content (AvgIpc) is 2.88. The Morgan fingerprint density at radius 3 is 1.00 bits per heavy atom. The van der Waals surface area contributed by atoms with E-state index in [4.69, 9.17) is 0 Å². The van der Waals surface area contributed by atoms with Crippen molar-refractivity contribution in [2.24, 2.45) is 0 Å². The Labute approximate surface area is 271 Å². The molecule has 0 amide bonds. The Morgan fingerprint density at radius 2 is 0.762 bits per heavy atom. The lowest BCUT2D eigenvalue weighted by atomic mass is 10.0. The molecule has 0 rings (SSSR count). The maximum Gasteiger partial charge on any atom is 0.217 e. The molecule has 262 valence electrons. The maximum atomic E-state index is 9.92. The van der Waals surface area contributed by atoms with Crippen molar-refractivity contribution in [1.82, 2.24) is 0 Å². The van der Waals surface area contributed by atoms with Crippen LogP contribution in [0.4, 0.5) is 0 Å². The molecule has 0 fully saturated rings. The minimum absolute atomic E-state index is 0. The van der Waals surface area contributed by atoms with E-state index in [1.54, 1.807) is 31.1 Å². The van der Waals surface area contributed by atoms with Crippen molar-refractivity contribution in [1.29, 1.82) is 0 Å². The highest BCUT2D eigenvalue weighted by Gasteiger charge is 2.34. The van der Waals surface area contributed by atoms with Crippen molar-refractivity contribution in [3.05, 3.63) is 0 Å². The Bertz CT molecular complexity index is 587. The van der Waals surface area contributed by atoms with Crippen LogP contribution in [-0.4, -0.2) is 51.9 Å². The smallest absolute Gasteiger partial charge is 0.217 e. The molecule has 0 aliphatic carbocycles. The van der Waals surface area contributed by atoms with Crippen molar-refractivity contribution in [2.75, 3.05) is 30.9 Å². The zero-order valence-electron chi connectivity index (χ0n) is 27.7. The minimum Gasteiger partial charge on any atom is -0.726 e. The van der Waals surface area contributed by atoms with E-state index in [-0.39, 0.29) is 28.5 Å². The first-order chi connectivity index (χ1) is 18.4. The van der Waals surface area contributed by atoms with Gasteiger partial charge in [-0.15, -0.1) is 0 Å². The highest BCUT2D eigenvalue weighted by atomic mass is 32.3. The first-order valence-electron chi connectivity index (χ1n) is 16.9. The van der Waals surface area contributed by atoms with Crippen LogP contribution in [0.1, 0.15) is 178 Å². The van der Waals surface area contributed by atoms with Gasteiger partial charge < -0.3 is 4.55 Å². The van der Waals surface area contributed by atoms with Gasteiger partial charge in [-0.25, -0.2) is 8.42 Å². The van der Waals surface area contributed by atoms with E-state index in [9.17, 15) is 13.0 Å². The summed E-state index contributed by atoms with van der Waals surface area (Å²) in [6, 6.07) is 0. The normalized spacial score (nSPS) is 11.5. The zero-order valence-corrected chi connectivity index (χ0v) is 30.4. The van der Waals surface area contributed by atoms with Crippen LogP contribution in [0.5, 0.6) is 0 Å². The Morgan fingerprint density at radius 1 is 0.500 bits per heavy atom. The average molecular weight is 659 g/mol. The predicted molar refractivity (Wildman–Crippen MR) is 201 cm³/mol. The molecule has 7 heteroatoms. The van der Waals surface area contributed by atoms with Crippen LogP contribution >= 0.6 is 7.26 Å². The Balaban J connectivity index is -0.000000300. The zero-order chi connectivity index (χ0) is 29.9. The standard InChI is InChI=1S/C28H60P.C4H12O4SSi.3CH4/c1-5-9-13-14-15-16-17-18-19-20-21-22-23-24-28-29(25-10-6-2,26-11-7-3)27-12-8-4;1-10(2,3)4-8-9(5,6)7;;;/h5-28H2,1-4H3;4H2,1-3H3,(H,5,6,7);3*1H4/q+1;;;;/p-1. The fraction of sp³-hybridized carbons (Fsp3) is 1.00. The van der Waals surface area contributed by atoms with E-state index in [1.807, 2.05) is 19.6 Å². The predicted octanol–water partition coefficient (Wildman–Crippen LogP) is 13.1. The lowest BCUT2D eigenvalue weighted by Gasteiger charge is -2.28. The van der Waals surface area contributed by atoms with Crippen LogP contribution in [0.15, 0.2) is 0 Å². The molecule has 0 atom stereocenters. The van der Waals surface area contributed by atoms with Gasteiger partial charge in [0, 0.05) is 7.26 Å². The van der Waals surface area contributed by atoms with Crippen LogP contribution in [-0.2, 0) is 14.6 Å². The largest absolute Gasteiger partial charge is 0.726 e. The Kier molecular flexibility index (Phi) is 42.6. The van der Waals surface area contributed by atoms with Gasteiger partial charge in [-0.1, -0.05) is 166 Å². The van der Waals surface area contributed by atoms with Gasteiger partial charge in [-0.05, 0) is 32.1 Å². The van der Waals surface area contributed by atoms with Crippen molar-refractivity contribution >= 4 is 25.7 Å². The summed E-state index contributed by atoms with van der Waals surface area (Å²) < 4.78 is 33.8. The molecule has 0 aromatic rings. The fourth-order valence-corrected chi connectivity index (χ4v) is 12.2. The lowest BCUT2D eigenvalue weighted by molar-refractivity contribution is 0.296. The second-order valence-corrected chi connectivity index (χ2v) is 24.1. The molecule has 0 aromatic heterocycles. The fourth-order valence-electron chi connectivity index (χ4n) is 5.04. The highest BCUT2D eigenvalue weighted by molar-refractivity contribution is 7.80. The second-order valence-electron chi connectivity index (χ2n) is 13.1. The van der Waals surface area contributed by atoms with Crippen molar-refractivity contribution in [3.63, 3.8) is 0 Å². The third kappa shape index (κ3) is 40.5. The molecular weight excluding hydrogens is 576 g/mol. The first kappa shape index (κ1) is 52.1. The monoisotopic (exact) mass is 659 g/mol. The van der Waals surface area contributed by atoms with Crippen LogP contribution in [0.2, 0.25) is 19.6 Å². The van der Waals surface area contributed by atoms with Gasteiger partial charge in [-0.3, -0.25) is 4.18 Å². The summed E-state index contributed by atoms with van der Waals surface area (Å²) in [5.74, 6) is 0. The summed E-state index contributed by atoms with van der Waals surface area (Å²) in [7, 11) is -6.67. The summed E-state index contributed by atoms with van der Waals surface area (Å²) >= 11 is 0.